The molecule has 3 heteroatoms. The standard InChI is InChI=1S/C53H38N2S/c1-2-13-37(14-3-1)55-47-19-8-5-16-42(47)43-29-25-36(33-49(43)55)35-23-26-38(27-24-35)54(48-20-12-22-51-52(48)44-17-6-9-21-50(44)56-51)39-28-30-41-40-15-4-7-18-45(40)53(46(41)34-39)31-10-11-32-53/h1-9,12-30,33-34H,10-11,31-32H2. The first-order valence-electron chi connectivity index (χ1n) is 19.9. The fourth-order valence-corrected chi connectivity index (χ4v) is 11.4. The molecule has 2 aliphatic carbocycles. The molecule has 1 spiro atoms. The van der Waals surface area contributed by atoms with Gasteiger partial charge in [0, 0.05) is 53.4 Å². The molecule has 10 aromatic rings. The van der Waals surface area contributed by atoms with Crippen LogP contribution < -0.4 is 4.90 Å². The van der Waals surface area contributed by atoms with Gasteiger partial charge in [0.1, 0.15) is 0 Å². The van der Waals surface area contributed by atoms with Crippen LogP contribution in [-0.2, 0) is 5.41 Å². The second-order valence-electron chi connectivity index (χ2n) is 15.6. The Morgan fingerprint density at radius 1 is 0.464 bits per heavy atom. The monoisotopic (exact) mass is 734 g/mol. The van der Waals surface area contributed by atoms with Gasteiger partial charge in [-0.25, -0.2) is 0 Å². The molecule has 2 nitrogen and oxygen atoms in total. The molecular weight excluding hydrogens is 697 g/mol. The van der Waals surface area contributed by atoms with Crippen LogP contribution in [-0.4, -0.2) is 4.57 Å². The van der Waals surface area contributed by atoms with E-state index in [4.69, 9.17) is 0 Å². The summed E-state index contributed by atoms with van der Waals surface area (Å²) >= 11 is 1.88. The van der Waals surface area contributed by atoms with Crippen molar-refractivity contribution in [2.75, 3.05) is 4.90 Å². The lowest BCUT2D eigenvalue weighted by atomic mass is 9.76. The molecule has 2 aliphatic rings. The highest BCUT2D eigenvalue weighted by Crippen LogP contribution is 2.58. The van der Waals surface area contributed by atoms with Gasteiger partial charge in [-0.3, -0.25) is 0 Å². The molecule has 2 heterocycles. The van der Waals surface area contributed by atoms with Crippen molar-refractivity contribution in [3.8, 4) is 27.9 Å². The second-order valence-corrected chi connectivity index (χ2v) is 16.7. The SMILES string of the molecule is c1ccc(-n2c3ccccc3c3ccc(-c4ccc(N(c5ccc6c(c5)C5(CCCC5)c5ccccc5-6)c5cccc6sc7ccccc7c56)cc4)cc32)cc1. The number of benzene rings is 8. The number of para-hydroxylation sites is 2. The van der Waals surface area contributed by atoms with Gasteiger partial charge in [0.15, 0.2) is 0 Å². The highest BCUT2D eigenvalue weighted by molar-refractivity contribution is 7.26. The summed E-state index contributed by atoms with van der Waals surface area (Å²) in [6.07, 6.45) is 4.99. The lowest BCUT2D eigenvalue weighted by Crippen LogP contribution is -2.21. The van der Waals surface area contributed by atoms with E-state index in [9.17, 15) is 0 Å². The van der Waals surface area contributed by atoms with E-state index in [1.807, 2.05) is 11.3 Å². The van der Waals surface area contributed by atoms with Crippen molar-refractivity contribution in [3.63, 3.8) is 0 Å². The van der Waals surface area contributed by atoms with E-state index in [0.717, 1.165) is 5.69 Å². The van der Waals surface area contributed by atoms with Gasteiger partial charge < -0.3 is 9.47 Å². The molecule has 0 radical (unpaired) electrons. The summed E-state index contributed by atoms with van der Waals surface area (Å²) in [5.41, 5.74) is 15.6. The fourth-order valence-electron chi connectivity index (χ4n) is 10.3. The average Bonchev–Trinajstić information content (AvgIpc) is 4.04. The van der Waals surface area contributed by atoms with Crippen LogP contribution in [0.3, 0.4) is 0 Å². The van der Waals surface area contributed by atoms with Crippen molar-refractivity contribution in [2.24, 2.45) is 0 Å². The van der Waals surface area contributed by atoms with Gasteiger partial charge in [-0.15, -0.1) is 11.3 Å². The van der Waals surface area contributed by atoms with Crippen molar-refractivity contribution in [1.29, 1.82) is 0 Å². The number of thiophene rings is 1. The van der Waals surface area contributed by atoms with E-state index in [0.29, 0.717) is 0 Å². The van der Waals surface area contributed by atoms with Gasteiger partial charge in [0.05, 0.1) is 16.7 Å². The number of anilines is 3. The zero-order chi connectivity index (χ0) is 36.8. The number of hydrogen-bond acceptors (Lipinski definition) is 2. The average molecular weight is 735 g/mol. The molecule has 0 unspecified atom stereocenters. The first kappa shape index (κ1) is 31.9. The van der Waals surface area contributed by atoms with Crippen LogP contribution in [0.25, 0.3) is 69.9 Å². The van der Waals surface area contributed by atoms with Gasteiger partial charge in [-0.05, 0) is 113 Å². The van der Waals surface area contributed by atoms with Gasteiger partial charge in [0.2, 0.25) is 0 Å². The Labute approximate surface area is 330 Å². The van der Waals surface area contributed by atoms with Crippen LogP contribution in [0, 0.1) is 0 Å². The Bertz CT molecular complexity index is 3140. The molecule has 0 N–H and O–H groups in total. The third-order valence-electron chi connectivity index (χ3n) is 12.7. The molecule has 8 aromatic carbocycles. The van der Waals surface area contributed by atoms with Crippen LogP contribution in [0.2, 0.25) is 0 Å². The maximum atomic E-state index is 2.54. The number of hydrogen-bond donors (Lipinski definition) is 0. The maximum Gasteiger partial charge on any atom is 0.0554 e. The molecule has 2 aromatic heterocycles. The number of aromatic nitrogens is 1. The number of fused-ring (bicyclic) bond motifs is 11. The highest BCUT2D eigenvalue weighted by atomic mass is 32.1. The quantitative estimate of drug-likeness (QED) is 0.171. The van der Waals surface area contributed by atoms with Crippen molar-refractivity contribution in [1.82, 2.24) is 4.57 Å². The normalized spacial score (nSPS) is 14.3. The van der Waals surface area contributed by atoms with Crippen LogP contribution >= 0.6 is 11.3 Å². The molecule has 0 saturated heterocycles. The molecule has 1 fully saturated rings. The molecule has 0 bridgehead atoms. The van der Waals surface area contributed by atoms with E-state index in [1.165, 1.54) is 118 Å². The Balaban J connectivity index is 1.03. The van der Waals surface area contributed by atoms with Crippen molar-refractivity contribution in [3.05, 3.63) is 193 Å². The largest absolute Gasteiger partial charge is 0.310 e. The van der Waals surface area contributed by atoms with Crippen LogP contribution in [0.4, 0.5) is 17.1 Å². The molecule has 0 atom stereocenters. The van der Waals surface area contributed by atoms with Crippen molar-refractivity contribution < 1.29 is 0 Å². The Hall–Kier alpha value is -6.42. The molecule has 0 aliphatic heterocycles. The smallest absolute Gasteiger partial charge is 0.0554 e. The minimum absolute atomic E-state index is 0.0966. The first-order valence-corrected chi connectivity index (χ1v) is 20.7. The van der Waals surface area contributed by atoms with Gasteiger partial charge in [0.25, 0.3) is 0 Å². The lowest BCUT2D eigenvalue weighted by Gasteiger charge is -2.30. The summed E-state index contributed by atoms with van der Waals surface area (Å²) < 4.78 is 5.04. The van der Waals surface area contributed by atoms with E-state index in [1.54, 1.807) is 0 Å². The summed E-state index contributed by atoms with van der Waals surface area (Å²) in [6.45, 7) is 0. The van der Waals surface area contributed by atoms with E-state index in [2.05, 4.69) is 191 Å². The zero-order valence-electron chi connectivity index (χ0n) is 31.0. The summed E-state index contributed by atoms with van der Waals surface area (Å²) in [6, 6.07) is 67.9. The topological polar surface area (TPSA) is 8.17 Å². The maximum absolute atomic E-state index is 2.54. The lowest BCUT2D eigenvalue weighted by molar-refractivity contribution is 0.550. The summed E-state index contributed by atoms with van der Waals surface area (Å²) in [4.78, 5) is 2.52. The number of nitrogens with zero attached hydrogens (tertiary/aromatic N) is 2. The molecule has 56 heavy (non-hydrogen) atoms. The first-order chi connectivity index (χ1) is 27.7. The van der Waals surface area contributed by atoms with Crippen LogP contribution in [0.5, 0.6) is 0 Å². The van der Waals surface area contributed by atoms with E-state index < -0.39 is 0 Å². The van der Waals surface area contributed by atoms with E-state index >= 15 is 0 Å². The summed E-state index contributed by atoms with van der Waals surface area (Å²) in [5, 5.41) is 5.17. The van der Waals surface area contributed by atoms with Gasteiger partial charge >= 0.3 is 0 Å². The summed E-state index contributed by atoms with van der Waals surface area (Å²) in [7, 11) is 0. The van der Waals surface area contributed by atoms with E-state index in [-0.39, 0.29) is 5.41 Å². The zero-order valence-corrected chi connectivity index (χ0v) is 31.8. The Morgan fingerprint density at radius 3 is 2.02 bits per heavy atom. The third kappa shape index (κ3) is 4.61. The van der Waals surface area contributed by atoms with Gasteiger partial charge in [-0.2, -0.15) is 0 Å². The van der Waals surface area contributed by atoms with Crippen molar-refractivity contribution >= 4 is 70.4 Å². The van der Waals surface area contributed by atoms with Crippen LogP contribution in [0.1, 0.15) is 36.8 Å². The predicted molar refractivity (Wildman–Crippen MR) is 238 cm³/mol. The highest BCUT2D eigenvalue weighted by Gasteiger charge is 2.45. The van der Waals surface area contributed by atoms with Crippen LogP contribution in [0.15, 0.2) is 182 Å². The minimum Gasteiger partial charge on any atom is -0.310 e. The predicted octanol–water partition coefficient (Wildman–Crippen LogP) is 15.1. The Kier molecular flexibility index (Phi) is 7.00. The minimum atomic E-state index is 0.0966. The third-order valence-corrected chi connectivity index (χ3v) is 13.9. The van der Waals surface area contributed by atoms with Crippen molar-refractivity contribution in [2.45, 2.75) is 31.1 Å². The Morgan fingerprint density at radius 2 is 1.14 bits per heavy atom. The molecule has 266 valence electrons. The molecular formula is C53H38N2S. The fraction of sp³-hybridized carbons (Fsp3) is 0.0943. The molecule has 12 rings (SSSR count). The molecule has 1 saturated carbocycles. The summed E-state index contributed by atoms with van der Waals surface area (Å²) in [5.74, 6) is 0. The molecule has 0 amide bonds. The number of rotatable bonds is 5. The van der Waals surface area contributed by atoms with Gasteiger partial charge in [-0.1, -0.05) is 128 Å². The second kappa shape index (κ2) is 12.3.